The van der Waals surface area contributed by atoms with Crippen molar-refractivity contribution in [2.24, 2.45) is 0 Å². The predicted molar refractivity (Wildman–Crippen MR) is 139 cm³/mol. The number of fused-ring (bicyclic) bond motifs is 1. The van der Waals surface area contributed by atoms with Crippen LogP contribution in [0.4, 0.5) is 31.2 Å². The van der Waals surface area contributed by atoms with Crippen molar-refractivity contribution in [2.45, 2.75) is 39.3 Å². The summed E-state index contributed by atoms with van der Waals surface area (Å²) in [5.41, 5.74) is 9.43. The van der Waals surface area contributed by atoms with Crippen molar-refractivity contribution in [3.63, 3.8) is 0 Å². The molecule has 1 aliphatic rings. The maximum atomic E-state index is 14.8. The summed E-state index contributed by atoms with van der Waals surface area (Å²) in [6.45, 7) is 7.59. The summed E-state index contributed by atoms with van der Waals surface area (Å²) in [5, 5.41) is 13.5. The summed E-state index contributed by atoms with van der Waals surface area (Å²) in [4.78, 5) is 39.8. The fraction of sp³-hybridized carbons (Fsp3) is 0.417. The zero-order valence-corrected chi connectivity index (χ0v) is 21.8. The number of benzene rings is 1. The van der Waals surface area contributed by atoms with Gasteiger partial charge >= 0.3 is 6.09 Å². The van der Waals surface area contributed by atoms with Crippen LogP contribution >= 0.6 is 0 Å². The molecule has 3 aromatic rings. The first-order valence-corrected chi connectivity index (χ1v) is 12.0. The molecule has 1 amide bonds. The number of halogens is 2. The molecule has 1 atom stereocenters. The highest BCUT2D eigenvalue weighted by Crippen LogP contribution is 2.25. The smallest absolute Gasteiger partial charge is 0.410 e. The lowest BCUT2D eigenvalue weighted by Gasteiger charge is -2.38. The van der Waals surface area contributed by atoms with Gasteiger partial charge in [-0.2, -0.15) is 15.2 Å². The molecule has 0 bridgehead atoms. The van der Waals surface area contributed by atoms with E-state index in [4.69, 9.17) is 16.2 Å². The van der Waals surface area contributed by atoms with E-state index in [1.54, 1.807) is 32.7 Å². The number of piperazine rings is 1. The Bertz CT molecular complexity index is 1540. The van der Waals surface area contributed by atoms with Gasteiger partial charge in [0.15, 0.2) is 11.6 Å². The van der Waals surface area contributed by atoms with Crippen molar-refractivity contribution in [3.8, 4) is 6.07 Å². The first-order chi connectivity index (χ1) is 18.3. The molecule has 1 aliphatic heterocycles. The number of ether oxygens (including phenoxy) is 1. The normalized spacial score (nSPS) is 14.7. The third-order valence-electron chi connectivity index (χ3n) is 5.92. The van der Waals surface area contributed by atoms with Crippen LogP contribution in [0.2, 0.25) is 0 Å². The van der Waals surface area contributed by atoms with E-state index in [1.807, 2.05) is 6.07 Å². The van der Waals surface area contributed by atoms with Crippen molar-refractivity contribution in [3.05, 3.63) is 45.5 Å². The average molecular weight is 543 g/mol. The second-order valence-electron chi connectivity index (χ2n) is 9.93. The number of anilines is 3. The van der Waals surface area contributed by atoms with Crippen molar-refractivity contribution in [1.29, 1.82) is 5.26 Å². The van der Waals surface area contributed by atoms with E-state index in [0.29, 0.717) is 0 Å². The zero-order valence-electron chi connectivity index (χ0n) is 21.8. The second kappa shape index (κ2) is 10.2. The topological polar surface area (TPSA) is 181 Å². The van der Waals surface area contributed by atoms with Crippen LogP contribution in [-0.2, 0) is 4.74 Å². The molecule has 13 nitrogen and oxygen atoms in total. The van der Waals surface area contributed by atoms with Gasteiger partial charge < -0.3 is 31.4 Å². The van der Waals surface area contributed by atoms with Crippen molar-refractivity contribution in [2.75, 3.05) is 48.0 Å². The number of rotatable bonds is 4. The summed E-state index contributed by atoms with van der Waals surface area (Å²) < 4.78 is 36.1. The van der Waals surface area contributed by atoms with Crippen LogP contribution in [0.1, 0.15) is 45.1 Å². The maximum absolute atomic E-state index is 14.8. The minimum Gasteiger partial charge on any atom is -0.444 e. The average Bonchev–Trinajstić information content (AvgIpc) is 2.84. The molecule has 0 radical (unpaired) electrons. The van der Waals surface area contributed by atoms with Crippen molar-refractivity contribution in [1.82, 2.24) is 24.5 Å². The van der Waals surface area contributed by atoms with Gasteiger partial charge in [0.1, 0.15) is 45.6 Å². The Morgan fingerprint density at radius 3 is 2.38 bits per heavy atom. The van der Waals surface area contributed by atoms with Crippen LogP contribution in [0.5, 0.6) is 0 Å². The molecule has 1 aromatic carbocycles. The summed E-state index contributed by atoms with van der Waals surface area (Å²) in [5.74, 6) is -2.19. The summed E-state index contributed by atoms with van der Waals surface area (Å²) in [7, 11) is 0. The standard InChI is InChI=1S/C24H28F2N10O3/c1-12(30-19-13(11-27)18(28)32-22(29)33-19)20-31-17-15(26)6-5-14(25)16(17)21(37)36(20)35-9-7-34(8-10-35)23(38)39-24(2,3)4/h5-6,12H,7-10H2,1-4H3,(H5,28,29,30,32,33)/t12-/m0/s1. The quantitative estimate of drug-likeness (QED) is 0.438. The molecule has 206 valence electrons. The molecule has 1 fully saturated rings. The van der Waals surface area contributed by atoms with Gasteiger partial charge in [0.2, 0.25) is 5.95 Å². The van der Waals surface area contributed by atoms with Gasteiger partial charge in [0, 0.05) is 13.1 Å². The SMILES string of the molecule is C[C@H](Nc1nc(N)nc(N)c1C#N)c1nc2c(F)ccc(F)c2c(=O)n1N1CCN(C(=O)OC(C)(C)C)CC1. The molecule has 2 aromatic heterocycles. The predicted octanol–water partition coefficient (Wildman–Crippen LogP) is 1.86. The number of nitrogen functional groups attached to an aromatic ring is 2. The van der Waals surface area contributed by atoms with Crippen LogP contribution in [0.25, 0.3) is 10.9 Å². The van der Waals surface area contributed by atoms with E-state index in [2.05, 4.69) is 20.3 Å². The Kier molecular flexibility index (Phi) is 7.14. The van der Waals surface area contributed by atoms with E-state index >= 15 is 0 Å². The fourth-order valence-corrected chi connectivity index (χ4v) is 4.16. The van der Waals surface area contributed by atoms with Gasteiger partial charge in [-0.3, -0.25) is 4.79 Å². The Hall–Kier alpha value is -4.74. The molecule has 15 heteroatoms. The van der Waals surface area contributed by atoms with Gasteiger partial charge in [-0.25, -0.2) is 23.2 Å². The number of hydrogen-bond donors (Lipinski definition) is 3. The van der Waals surface area contributed by atoms with Gasteiger partial charge in [0.05, 0.1) is 19.1 Å². The highest BCUT2D eigenvalue weighted by atomic mass is 19.1. The Balaban J connectivity index is 1.77. The first kappa shape index (κ1) is 27.3. The molecular formula is C24H28F2N10O3. The molecule has 39 heavy (non-hydrogen) atoms. The number of nitrogens with one attached hydrogen (secondary N) is 1. The van der Waals surface area contributed by atoms with Crippen molar-refractivity contribution < 1.29 is 18.3 Å². The first-order valence-electron chi connectivity index (χ1n) is 12.0. The Labute approximate surface area is 222 Å². The third-order valence-corrected chi connectivity index (χ3v) is 5.92. The zero-order chi connectivity index (χ0) is 28.6. The number of nitrogens with two attached hydrogens (primary N) is 2. The number of amides is 1. The minimum atomic E-state index is -0.930. The number of aromatic nitrogens is 4. The van der Waals surface area contributed by atoms with Crippen LogP contribution in [0, 0.1) is 23.0 Å². The van der Waals surface area contributed by atoms with E-state index < -0.39 is 45.8 Å². The van der Waals surface area contributed by atoms with Crippen molar-refractivity contribution >= 4 is 34.6 Å². The fourth-order valence-electron chi connectivity index (χ4n) is 4.16. The minimum absolute atomic E-state index is 0.00219. The molecule has 4 rings (SSSR count). The van der Waals surface area contributed by atoms with E-state index in [-0.39, 0.29) is 55.2 Å². The Morgan fingerprint density at radius 1 is 1.13 bits per heavy atom. The number of carbonyl (C=O) groups is 1. The molecular weight excluding hydrogens is 514 g/mol. The van der Waals surface area contributed by atoms with E-state index in [9.17, 15) is 23.6 Å². The number of hydrogen-bond acceptors (Lipinski definition) is 11. The molecule has 0 saturated carbocycles. The Morgan fingerprint density at radius 2 is 1.77 bits per heavy atom. The van der Waals surface area contributed by atoms with Crippen LogP contribution < -0.4 is 27.4 Å². The lowest BCUT2D eigenvalue weighted by atomic mass is 10.2. The summed E-state index contributed by atoms with van der Waals surface area (Å²) in [6.07, 6.45) is -0.502. The summed E-state index contributed by atoms with van der Waals surface area (Å²) in [6, 6.07) is 2.75. The molecule has 0 spiro atoms. The van der Waals surface area contributed by atoms with Crippen LogP contribution in [0.15, 0.2) is 16.9 Å². The van der Waals surface area contributed by atoms with Gasteiger partial charge in [0.25, 0.3) is 5.56 Å². The number of nitriles is 1. The lowest BCUT2D eigenvalue weighted by molar-refractivity contribution is 0.0231. The lowest BCUT2D eigenvalue weighted by Crippen LogP contribution is -2.57. The molecule has 0 unspecified atom stereocenters. The molecule has 1 saturated heterocycles. The highest BCUT2D eigenvalue weighted by molar-refractivity contribution is 5.79. The van der Waals surface area contributed by atoms with Gasteiger partial charge in [-0.05, 0) is 39.8 Å². The van der Waals surface area contributed by atoms with Crippen LogP contribution in [0.3, 0.4) is 0 Å². The highest BCUT2D eigenvalue weighted by Gasteiger charge is 2.30. The number of nitrogens with zero attached hydrogens (tertiary/aromatic N) is 7. The molecule has 3 heterocycles. The van der Waals surface area contributed by atoms with E-state index in [0.717, 1.165) is 16.8 Å². The monoisotopic (exact) mass is 542 g/mol. The molecule has 5 N–H and O–H groups in total. The van der Waals surface area contributed by atoms with E-state index in [1.165, 1.54) is 4.90 Å². The number of carbonyl (C=O) groups excluding carboxylic acids is 1. The largest absolute Gasteiger partial charge is 0.444 e. The summed E-state index contributed by atoms with van der Waals surface area (Å²) >= 11 is 0. The maximum Gasteiger partial charge on any atom is 0.410 e. The third kappa shape index (κ3) is 5.44. The van der Waals surface area contributed by atoms with Crippen LogP contribution in [-0.4, -0.2) is 62.4 Å². The van der Waals surface area contributed by atoms with Gasteiger partial charge in [-0.15, -0.1) is 0 Å². The van der Waals surface area contributed by atoms with Gasteiger partial charge in [-0.1, -0.05) is 0 Å². The second-order valence-corrected chi connectivity index (χ2v) is 9.93. The molecule has 0 aliphatic carbocycles.